The molecule has 178 valence electrons. The van der Waals surface area contributed by atoms with Crippen molar-refractivity contribution in [2.45, 2.75) is 112 Å². The van der Waals surface area contributed by atoms with Crippen molar-refractivity contribution in [2.24, 2.45) is 5.92 Å². The first-order valence-corrected chi connectivity index (χ1v) is 11.1. The van der Waals surface area contributed by atoms with Crippen molar-refractivity contribution in [1.82, 2.24) is 16.0 Å². The molecule has 0 aromatic heterocycles. The summed E-state index contributed by atoms with van der Waals surface area (Å²) in [5.74, 6) is -0.434. The Morgan fingerprint density at radius 3 is 1.93 bits per heavy atom. The van der Waals surface area contributed by atoms with E-state index in [1.54, 1.807) is 7.05 Å². The Hall–Kier alpha value is -1.47. The van der Waals surface area contributed by atoms with Gasteiger partial charge in [0.15, 0.2) is 5.78 Å². The summed E-state index contributed by atoms with van der Waals surface area (Å²) < 4.78 is 5.73. The third-order valence-corrected chi connectivity index (χ3v) is 4.47. The number of likely N-dealkylation sites (N-methyl/N-ethyl adjacent to an activating group) is 1. The average molecular weight is 430 g/mol. The number of hydrogen-bond acceptors (Lipinski definition) is 5. The van der Waals surface area contributed by atoms with Crippen molar-refractivity contribution in [3.05, 3.63) is 0 Å². The number of carbonyl (C=O) groups excluding carboxylic acids is 3. The van der Waals surface area contributed by atoms with Crippen LogP contribution < -0.4 is 16.0 Å². The van der Waals surface area contributed by atoms with E-state index in [9.17, 15) is 14.4 Å². The first kappa shape index (κ1) is 30.7. The van der Waals surface area contributed by atoms with E-state index in [-0.39, 0.29) is 35.5 Å². The van der Waals surface area contributed by atoms with E-state index in [1.807, 2.05) is 62.3 Å². The second kappa shape index (κ2) is 14.5. The lowest BCUT2D eigenvalue weighted by atomic mass is 9.99. The van der Waals surface area contributed by atoms with Gasteiger partial charge in [0.05, 0.1) is 17.7 Å². The molecule has 0 spiro atoms. The number of amides is 2. The summed E-state index contributed by atoms with van der Waals surface area (Å²) in [6.45, 7) is 19.7. The average Bonchev–Trinajstić information content (AvgIpc) is 2.59. The Morgan fingerprint density at radius 2 is 1.53 bits per heavy atom. The first-order valence-electron chi connectivity index (χ1n) is 11.1. The number of rotatable bonds is 12. The molecule has 7 nitrogen and oxygen atoms in total. The van der Waals surface area contributed by atoms with E-state index in [0.717, 1.165) is 0 Å². The van der Waals surface area contributed by atoms with E-state index >= 15 is 0 Å². The highest BCUT2D eigenvalue weighted by atomic mass is 16.5. The predicted molar refractivity (Wildman–Crippen MR) is 123 cm³/mol. The summed E-state index contributed by atoms with van der Waals surface area (Å²) in [7, 11) is 1.67. The Kier molecular flexibility index (Phi) is 14.9. The highest BCUT2D eigenvalue weighted by Crippen LogP contribution is 2.14. The Morgan fingerprint density at radius 1 is 1.00 bits per heavy atom. The molecule has 2 amide bonds. The van der Waals surface area contributed by atoms with Gasteiger partial charge < -0.3 is 20.7 Å². The number of nitrogens with one attached hydrogen (secondary N) is 3. The number of ether oxygens (including phenoxy) is 1. The van der Waals surface area contributed by atoms with Gasteiger partial charge in [-0.15, -0.1) is 0 Å². The van der Waals surface area contributed by atoms with Crippen molar-refractivity contribution in [2.75, 3.05) is 13.7 Å². The van der Waals surface area contributed by atoms with E-state index in [2.05, 4.69) is 16.0 Å². The maximum absolute atomic E-state index is 12.5. The van der Waals surface area contributed by atoms with Gasteiger partial charge in [-0.3, -0.25) is 14.4 Å². The molecule has 0 aliphatic heterocycles. The molecule has 0 bridgehead atoms. The molecule has 0 saturated heterocycles. The van der Waals surface area contributed by atoms with Crippen molar-refractivity contribution in [1.29, 1.82) is 0 Å². The van der Waals surface area contributed by atoms with E-state index in [1.165, 1.54) is 6.92 Å². The van der Waals surface area contributed by atoms with Gasteiger partial charge in [-0.1, -0.05) is 27.7 Å². The third-order valence-electron chi connectivity index (χ3n) is 4.47. The van der Waals surface area contributed by atoms with Gasteiger partial charge in [0.25, 0.3) is 0 Å². The number of Topliss-reactive ketones (excluding diaryl/α,β-unsaturated/α-hetero) is 1. The van der Waals surface area contributed by atoms with Gasteiger partial charge in [-0.05, 0) is 67.3 Å². The van der Waals surface area contributed by atoms with Crippen LogP contribution in [0.5, 0.6) is 0 Å². The second-order valence-electron chi connectivity index (χ2n) is 9.36. The number of hydrogen-bond donors (Lipinski definition) is 3. The maximum atomic E-state index is 12.5. The summed E-state index contributed by atoms with van der Waals surface area (Å²) in [5, 5.41) is 8.72. The molecule has 0 saturated carbocycles. The summed E-state index contributed by atoms with van der Waals surface area (Å²) in [6, 6.07) is -1.04. The van der Waals surface area contributed by atoms with Crippen LogP contribution in [0.15, 0.2) is 0 Å². The van der Waals surface area contributed by atoms with Gasteiger partial charge in [0, 0.05) is 18.6 Å². The topological polar surface area (TPSA) is 96.5 Å². The van der Waals surface area contributed by atoms with Crippen molar-refractivity contribution in [3.8, 4) is 0 Å². The van der Waals surface area contributed by atoms with E-state index < -0.39 is 17.6 Å². The molecule has 0 aromatic rings. The highest BCUT2D eigenvalue weighted by Gasteiger charge is 2.26. The molecule has 0 fully saturated rings. The smallest absolute Gasteiger partial charge is 0.237 e. The minimum Gasteiger partial charge on any atom is -0.376 e. The zero-order chi connectivity index (χ0) is 24.1. The first-order chi connectivity index (χ1) is 13.7. The lowest BCUT2D eigenvalue weighted by Gasteiger charge is -2.29. The van der Waals surface area contributed by atoms with E-state index in [0.29, 0.717) is 19.4 Å². The molecule has 2 unspecified atom stereocenters. The van der Waals surface area contributed by atoms with Crippen molar-refractivity contribution < 1.29 is 19.1 Å². The molecule has 3 N–H and O–H groups in total. The fraction of sp³-hybridized carbons (Fsp3) is 0.870. The van der Waals surface area contributed by atoms with Crippen LogP contribution >= 0.6 is 0 Å². The fourth-order valence-electron chi connectivity index (χ4n) is 2.79. The molecule has 0 heterocycles. The van der Waals surface area contributed by atoms with Gasteiger partial charge in [0.1, 0.15) is 0 Å². The lowest BCUT2D eigenvalue weighted by molar-refractivity contribution is -0.129. The summed E-state index contributed by atoms with van der Waals surface area (Å²) in [4.78, 5) is 36.5. The minimum absolute atomic E-state index is 0.0124. The van der Waals surface area contributed by atoms with Crippen LogP contribution in [0.3, 0.4) is 0 Å². The summed E-state index contributed by atoms with van der Waals surface area (Å²) in [5.41, 5.74) is -0.599. The zero-order valence-electron chi connectivity index (χ0n) is 21.2. The maximum Gasteiger partial charge on any atom is 0.237 e. The molecule has 7 heteroatoms. The van der Waals surface area contributed by atoms with Crippen LogP contribution in [0.4, 0.5) is 0 Å². The Bertz CT molecular complexity index is 525. The van der Waals surface area contributed by atoms with Gasteiger partial charge in [-0.2, -0.15) is 0 Å². The summed E-state index contributed by atoms with van der Waals surface area (Å²) in [6.07, 6.45) is 1.26. The molecule has 2 atom stereocenters. The molecule has 0 aliphatic carbocycles. The minimum atomic E-state index is -0.529. The Balaban J connectivity index is 0. The standard InChI is InChI=1S/C21H41N3O4.C2H6/c1-14(2)18(15(3)25)23-19(27)16(22-9)10-11-17(26)24-21(7,8)12-13-28-20(4,5)6;1-2/h14,16,18,22H,10-13H2,1-9H3,(H,23,27)(H,24,26);1-2H3. The normalized spacial score (nSPS) is 13.7. The number of ketones is 1. The van der Waals surface area contributed by atoms with Crippen LogP contribution in [-0.2, 0) is 19.1 Å². The van der Waals surface area contributed by atoms with E-state index in [4.69, 9.17) is 4.74 Å². The zero-order valence-corrected chi connectivity index (χ0v) is 21.2. The molecular formula is C23H47N3O4. The molecule has 0 aliphatic rings. The van der Waals surface area contributed by atoms with Crippen molar-refractivity contribution >= 4 is 17.6 Å². The quantitative estimate of drug-likeness (QED) is 0.443. The second-order valence-corrected chi connectivity index (χ2v) is 9.36. The SMILES string of the molecule is CC.CNC(CCC(=O)NC(C)(C)CCOC(C)(C)C)C(=O)NC(C(C)=O)C(C)C. The van der Waals surface area contributed by atoms with Crippen LogP contribution in [0.2, 0.25) is 0 Å². The summed E-state index contributed by atoms with van der Waals surface area (Å²) >= 11 is 0. The largest absolute Gasteiger partial charge is 0.376 e. The molecule has 0 radical (unpaired) electrons. The van der Waals surface area contributed by atoms with Crippen LogP contribution in [0.1, 0.15) is 88.5 Å². The lowest BCUT2D eigenvalue weighted by Crippen LogP contribution is -2.51. The van der Waals surface area contributed by atoms with Crippen LogP contribution in [0, 0.1) is 5.92 Å². The van der Waals surface area contributed by atoms with Crippen LogP contribution in [-0.4, -0.2) is 54.5 Å². The predicted octanol–water partition coefficient (Wildman–Crippen LogP) is 3.21. The monoisotopic (exact) mass is 429 g/mol. The van der Waals surface area contributed by atoms with Gasteiger partial charge >= 0.3 is 0 Å². The molecule has 0 rings (SSSR count). The van der Waals surface area contributed by atoms with Gasteiger partial charge in [-0.25, -0.2) is 0 Å². The highest BCUT2D eigenvalue weighted by molar-refractivity contribution is 5.90. The van der Waals surface area contributed by atoms with Crippen LogP contribution in [0.25, 0.3) is 0 Å². The molecule has 30 heavy (non-hydrogen) atoms. The van der Waals surface area contributed by atoms with Gasteiger partial charge in [0.2, 0.25) is 11.8 Å². The van der Waals surface area contributed by atoms with Crippen molar-refractivity contribution in [3.63, 3.8) is 0 Å². The Labute approximate surface area is 184 Å². The molecular weight excluding hydrogens is 382 g/mol. The third kappa shape index (κ3) is 14.5. The molecule has 0 aromatic carbocycles. The fourth-order valence-corrected chi connectivity index (χ4v) is 2.79. The number of carbonyl (C=O) groups is 3.